The molecule has 22 heavy (non-hydrogen) atoms. The van der Waals surface area contributed by atoms with E-state index in [2.05, 4.69) is 37.9 Å². The lowest BCUT2D eigenvalue weighted by Crippen LogP contribution is -2.26. The number of nitrogens with one attached hydrogen (secondary N) is 1. The zero-order valence-corrected chi connectivity index (χ0v) is 13.7. The van der Waals surface area contributed by atoms with Crippen molar-refractivity contribution in [1.82, 2.24) is 15.1 Å². The quantitative estimate of drug-likeness (QED) is 0.941. The lowest BCUT2D eigenvalue weighted by Gasteiger charge is -2.15. The van der Waals surface area contributed by atoms with Gasteiger partial charge >= 0.3 is 0 Å². The first-order valence-corrected chi connectivity index (χ1v) is 9.18. The van der Waals surface area contributed by atoms with Crippen molar-refractivity contribution in [3.8, 4) is 11.3 Å². The maximum atomic E-state index is 4.52. The molecule has 1 aliphatic carbocycles. The first kappa shape index (κ1) is 14.2. The molecule has 1 saturated heterocycles. The highest BCUT2D eigenvalue weighted by Gasteiger charge is 2.18. The number of aryl methyl sites for hydroxylation is 2. The first-order chi connectivity index (χ1) is 10.9. The van der Waals surface area contributed by atoms with Gasteiger partial charge in [-0.25, -0.2) is 0 Å². The molecule has 1 fully saturated rings. The molecule has 116 valence electrons. The molecule has 4 rings (SSSR count). The smallest absolute Gasteiger partial charge is 0.149 e. The van der Waals surface area contributed by atoms with Gasteiger partial charge in [0.05, 0.1) is 5.69 Å². The monoisotopic (exact) mass is 314 g/mol. The van der Waals surface area contributed by atoms with Crippen LogP contribution in [0.3, 0.4) is 0 Å². The summed E-state index contributed by atoms with van der Waals surface area (Å²) in [5, 5.41) is 14.5. The van der Waals surface area contributed by atoms with Gasteiger partial charge < -0.3 is 10.2 Å². The van der Waals surface area contributed by atoms with E-state index in [0.717, 1.165) is 31.0 Å². The van der Waals surface area contributed by atoms with Gasteiger partial charge in [-0.1, -0.05) is 0 Å². The third kappa shape index (κ3) is 2.88. The Labute approximate surface area is 135 Å². The molecular formula is C17H22N4S. The highest BCUT2D eigenvalue weighted by Crippen LogP contribution is 2.34. The lowest BCUT2D eigenvalue weighted by atomic mass is 10.1. The normalized spacial score (nSPS) is 17.8. The third-order valence-corrected chi connectivity index (χ3v) is 5.64. The summed E-state index contributed by atoms with van der Waals surface area (Å²) in [5.74, 6) is 0.927. The molecule has 0 atom stereocenters. The number of aromatic nitrogens is 2. The first-order valence-electron chi connectivity index (χ1n) is 8.30. The van der Waals surface area contributed by atoms with Crippen molar-refractivity contribution >= 4 is 17.2 Å². The number of likely N-dealkylation sites (tertiary alicyclic amines) is 1. The molecule has 2 aliphatic rings. The Balaban J connectivity index is 1.46. The minimum absolute atomic E-state index is 0.927. The van der Waals surface area contributed by atoms with E-state index in [0.29, 0.717) is 0 Å². The van der Waals surface area contributed by atoms with Gasteiger partial charge in [-0.05, 0) is 68.3 Å². The molecule has 4 nitrogen and oxygen atoms in total. The summed E-state index contributed by atoms with van der Waals surface area (Å²) < 4.78 is 0. The van der Waals surface area contributed by atoms with Crippen LogP contribution < -0.4 is 5.32 Å². The maximum absolute atomic E-state index is 4.52. The van der Waals surface area contributed by atoms with E-state index >= 15 is 0 Å². The Morgan fingerprint density at radius 3 is 2.95 bits per heavy atom. The van der Waals surface area contributed by atoms with Gasteiger partial charge in [-0.3, -0.25) is 0 Å². The van der Waals surface area contributed by atoms with Gasteiger partial charge in [-0.2, -0.15) is 0 Å². The van der Waals surface area contributed by atoms with Gasteiger partial charge in [0.1, 0.15) is 5.82 Å². The predicted molar refractivity (Wildman–Crippen MR) is 91.5 cm³/mol. The fourth-order valence-corrected chi connectivity index (χ4v) is 4.39. The van der Waals surface area contributed by atoms with E-state index in [1.807, 2.05) is 11.3 Å². The van der Waals surface area contributed by atoms with Crippen molar-refractivity contribution in [1.29, 1.82) is 0 Å². The maximum Gasteiger partial charge on any atom is 0.149 e. The molecule has 1 N–H and O–H groups in total. The molecule has 0 aromatic carbocycles. The highest BCUT2D eigenvalue weighted by molar-refractivity contribution is 7.10. The number of thiophene rings is 1. The molecule has 0 saturated carbocycles. The Kier molecular flexibility index (Phi) is 4.08. The molecule has 0 spiro atoms. The summed E-state index contributed by atoms with van der Waals surface area (Å²) >= 11 is 1.85. The number of anilines is 1. The van der Waals surface area contributed by atoms with Crippen LogP contribution in [0.1, 0.15) is 29.7 Å². The van der Waals surface area contributed by atoms with Crippen molar-refractivity contribution in [3.63, 3.8) is 0 Å². The van der Waals surface area contributed by atoms with Crippen molar-refractivity contribution < 1.29 is 0 Å². The Morgan fingerprint density at radius 1 is 1.14 bits per heavy atom. The van der Waals surface area contributed by atoms with Crippen LogP contribution in [-0.4, -0.2) is 41.3 Å². The van der Waals surface area contributed by atoms with Crippen molar-refractivity contribution in [2.75, 3.05) is 31.5 Å². The van der Waals surface area contributed by atoms with E-state index in [1.165, 1.54) is 54.8 Å². The molecule has 3 heterocycles. The second kappa shape index (κ2) is 6.34. The highest BCUT2D eigenvalue weighted by atomic mass is 32.1. The van der Waals surface area contributed by atoms with E-state index in [9.17, 15) is 0 Å². The van der Waals surface area contributed by atoms with Gasteiger partial charge in [0.15, 0.2) is 0 Å². The average Bonchev–Trinajstić information content (AvgIpc) is 3.17. The molecule has 0 amide bonds. The number of nitrogens with zero attached hydrogens (tertiary/aromatic N) is 3. The summed E-state index contributed by atoms with van der Waals surface area (Å²) in [6, 6.07) is 4.40. The zero-order valence-electron chi connectivity index (χ0n) is 12.8. The van der Waals surface area contributed by atoms with E-state index in [1.54, 1.807) is 0 Å². The average molecular weight is 314 g/mol. The minimum Gasteiger partial charge on any atom is -0.367 e. The SMILES string of the molecule is c1cc2c(s1)CCCc1cc(NCCN3CCCC3)nnc1-2. The third-order valence-electron chi connectivity index (χ3n) is 4.66. The Bertz CT molecular complexity index is 646. The van der Waals surface area contributed by atoms with E-state index < -0.39 is 0 Å². The summed E-state index contributed by atoms with van der Waals surface area (Å²) in [4.78, 5) is 3.98. The molecule has 0 bridgehead atoms. The Hall–Kier alpha value is -1.46. The molecule has 1 aliphatic heterocycles. The number of rotatable bonds is 4. The Morgan fingerprint density at radius 2 is 2.05 bits per heavy atom. The topological polar surface area (TPSA) is 41.0 Å². The van der Waals surface area contributed by atoms with Gasteiger partial charge in [-0.15, -0.1) is 21.5 Å². The zero-order chi connectivity index (χ0) is 14.8. The number of fused-ring (bicyclic) bond motifs is 3. The number of hydrogen-bond acceptors (Lipinski definition) is 5. The van der Waals surface area contributed by atoms with Crippen molar-refractivity contribution in [2.24, 2.45) is 0 Å². The number of hydrogen-bond donors (Lipinski definition) is 1. The van der Waals surface area contributed by atoms with Gasteiger partial charge in [0, 0.05) is 23.5 Å². The minimum atomic E-state index is 0.927. The van der Waals surface area contributed by atoms with Crippen LogP contribution in [-0.2, 0) is 12.8 Å². The van der Waals surface area contributed by atoms with E-state index in [4.69, 9.17) is 0 Å². The molecule has 0 radical (unpaired) electrons. The largest absolute Gasteiger partial charge is 0.367 e. The second-order valence-electron chi connectivity index (χ2n) is 6.19. The van der Waals surface area contributed by atoms with E-state index in [-0.39, 0.29) is 0 Å². The second-order valence-corrected chi connectivity index (χ2v) is 7.19. The van der Waals surface area contributed by atoms with Crippen LogP contribution in [0.15, 0.2) is 17.5 Å². The van der Waals surface area contributed by atoms with Crippen LogP contribution in [0.4, 0.5) is 5.82 Å². The predicted octanol–water partition coefficient (Wildman–Crippen LogP) is 3.20. The van der Waals surface area contributed by atoms with Gasteiger partial charge in [0.2, 0.25) is 0 Å². The molecule has 0 unspecified atom stereocenters. The standard InChI is InChI=1S/C17H22N4S/c1-2-9-21(8-1)10-7-18-16-12-13-4-3-5-15-14(6-11-22-15)17(13)20-19-16/h6,11-12H,1-5,7-10H2,(H,18,19). The van der Waals surface area contributed by atoms with Gasteiger partial charge in [0.25, 0.3) is 0 Å². The summed E-state index contributed by atoms with van der Waals surface area (Å²) in [6.45, 7) is 4.56. The summed E-state index contributed by atoms with van der Waals surface area (Å²) in [6.07, 6.45) is 6.18. The van der Waals surface area contributed by atoms with Crippen molar-refractivity contribution in [3.05, 3.63) is 28.0 Å². The fraction of sp³-hybridized carbons (Fsp3) is 0.529. The molecule has 5 heteroatoms. The van der Waals surface area contributed by atoms with Crippen LogP contribution in [0.5, 0.6) is 0 Å². The van der Waals surface area contributed by atoms with Crippen molar-refractivity contribution in [2.45, 2.75) is 32.1 Å². The molecule has 2 aromatic heterocycles. The van der Waals surface area contributed by atoms with Crippen LogP contribution in [0.25, 0.3) is 11.3 Å². The summed E-state index contributed by atoms with van der Waals surface area (Å²) in [5.41, 5.74) is 3.74. The summed E-state index contributed by atoms with van der Waals surface area (Å²) in [7, 11) is 0. The fourth-order valence-electron chi connectivity index (χ4n) is 3.47. The lowest BCUT2D eigenvalue weighted by molar-refractivity contribution is 0.352. The van der Waals surface area contributed by atoms with Crippen LogP contribution in [0, 0.1) is 0 Å². The van der Waals surface area contributed by atoms with Crippen LogP contribution in [0.2, 0.25) is 0 Å². The molecule has 2 aromatic rings. The van der Waals surface area contributed by atoms with Crippen LogP contribution >= 0.6 is 11.3 Å². The molecular weight excluding hydrogens is 292 g/mol.